The summed E-state index contributed by atoms with van der Waals surface area (Å²) in [5.74, 6) is -4.39. The molecule has 5 nitrogen and oxygen atoms in total. The van der Waals surface area contributed by atoms with E-state index in [0.29, 0.717) is 0 Å². The third-order valence-electron chi connectivity index (χ3n) is 2.59. The molecule has 7 heteroatoms. The van der Waals surface area contributed by atoms with E-state index in [2.05, 4.69) is 10.5 Å². The van der Waals surface area contributed by atoms with Crippen molar-refractivity contribution in [2.45, 2.75) is 13.8 Å². The summed E-state index contributed by atoms with van der Waals surface area (Å²) in [5, 5.41) is 13.6. The van der Waals surface area contributed by atoms with Crippen molar-refractivity contribution in [2.24, 2.45) is 22.7 Å². The topological polar surface area (TPSA) is 87.7 Å². The number of carbonyl (C=O) groups excluding carboxylic acids is 1. The zero-order valence-electron chi connectivity index (χ0n) is 10.5. The first kappa shape index (κ1) is 14.9. The van der Waals surface area contributed by atoms with Crippen LogP contribution in [0.5, 0.6) is 0 Å². The number of nitrogens with zero attached hydrogens (tertiary/aromatic N) is 1. The molecule has 104 valence electrons. The number of amides is 1. The molecule has 0 saturated carbocycles. The van der Waals surface area contributed by atoms with E-state index in [-0.39, 0.29) is 17.4 Å². The molecule has 0 aliphatic heterocycles. The maximum atomic E-state index is 13.4. The fourth-order valence-corrected chi connectivity index (χ4v) is 1.65. The number of anilines is 1. The molecular weight excluding hydrogens is 256 g/mol. The lowest BCUT2D eigenvalue weighted by atomic mass is 9.93. The Morgan fingerprint density at radius 3 is 2.58 bits per heavy atom. The second kappa shape index (κ2) is 6.12. The number of nitrogens with two attached hydrogens (primary N) is 1. The first-order valence-electron chi connectivity index (χ1n) is 5.60. The fourth-order valence-electron chi connectivity index (χ4n) is 1.65. The van der Waals surface area contributed by atoms with Crippen molar-refractivity contribution in [1.82, 2.24) is 0 Å². The van der Waals surface area contributed by atoms with Crippen LogP contribution in [0.3, 0.4) is 0 Å². The average molecular weight is 271 g/mol. The van der Waals surface area contributed by atoms with Gasteiger partial charge in [-0.3, -0.25) is 4.79 Å². The Hall–Kier alpha value is -2.18. The summed E-state index contributed by atoms with van der Waals surface area (Å²) in [7, 11) is 0. The molecule has 0 fully saturated rings. The predicted molar refractivity (Wildman–Crippen MR) is 66.7 cm³/mol. The molecule has 0 bridgehead atoms. The van der Waals surface area contributed by atoms with Gasteiger partial charge in [0, 0.05) is 0 Å². The zero-order chi connectivity index (χ0) is 14.6. The lowest BCUT2D eigenvalue weighted by Gasteiger charge is -2.18. The zero-order valence-corrected chi connectivity index (χ0v) is 10.5. The highest BCUT2D eigenvalue weighted by atomic mass is 19.2. The normalized spacial score (nSPS) is 13.4. The van der Waals surface area contributed by atoms with Gasteiger partial charge in [-0.25, -0.2) is 8.78 Å². The second-order valence-electron chi connectivity index (χ2n) is 4.34. The summed E-state index contributed by atoms with van der Waals surface area (Å²) in [4.78, 5) is 11.9. The van der Waals surface area contributed by atoms with Crippen LogP contribution in [0, 0.1) is 23.5 Å². The number of halogens is 2. The van der Waals surface area contributed by atoms with Crippen LogP contribution in [-0.2, 0) is 4.79 Å². The average Bonchev–Trinajstić information content (AvgIpc) is 2.34. The highest BCUT2D eigenvalue weighted by Crippen LogP contribution is 2.19. The van der Waals surface area contributed by atoms with Crippen molar-refractivity contribution in [3.8, 4) is 0 Å². The Morgan fingerprint density at radius 1 is 1.42 bits per heavy atom. The summed E-state index contributed by atoms with van der Waals surface area (Å²) in [5.41, 5.74) is 5.12. The second-order valence-corrected chi connectivity index (χ2v) is 4.34. The van der Waals surface area contributed by atoms with Crippen LogP contribution in [0.25, 0.3) is 0 Å². The summed E-state index contributed by atoms with van der Waals surface area (Å²) < 4.78 is 26.4. The first-order chi connectivity index (χ1) is 8.88. The molecule has 1 amide bonds. The molecule has 4 N–H and O–H groups in total. The molecular formula is C12H15F2N3O2. The molecule has 1 aromatic rings. The Morgan fingerprint density at radius 2 is 2.05 bits per heavy atom. The molecule has 1 unspecified atom stereocenters. The molecule has 0 aromatic heterocycles. The maximum Gasteiger partial charge on any atom is 0.235 e. The van der Waals surface area contributed by atoms with E-state index < -0.39 is 23.5 Å². The number of carbonyl (C=O) groups is 1. The highest BCUT2D eigenvalue weighted by molar-refractivity contribution is 6.07. The van der Waals surface area contributed by atoms with E-state index in [1.165, 1.54) is 12.1 Å². The molecule has 0 radical (unpaired) electrons. The minimum absolute atomic E-state index is 0.271. The monoisotopic (exact) mass is 271 g/mol. The van der Waals surface area contributed by atoms with Crippen molar-refractivity contribution in [2.75, 3.05) is 5.32 Å². The number of hydrogen-bond acceptors (Lipinski definition) is 3. The van der Waals surface area contributed by atoms with Crippen LogP contribution < -0.4 is 11.1 Å². The van der Waals surface area contributed by atoms with E-state index >= 15 is 0 Å². The van der Waals surface area contributed by atoms with Crippen LogP contribution >= 0.6 is 0 Å². The number of nitrogens with one attached hydrogen (secondary N) is 1. The van der Waals surface area contributed by atoms with Gasteiger partial charge in [-0.15, -0.1) is 0 Å². The summed E-state index contributed by atoms with van der Waals surface area (Å²) in [6.07, 6.45) is 0. The van der Waals surface area contributed by atoms with Gasteiger partial charge in [-0.2, -0.15) is 0 Å². The third kappa shape index (κ3) is 3.40. The van der Waals surface area contributed by atoms with Gasteiger partial charge < -0.3 is 16.3 Å². The Labute approximate surface area is 109 Å². The minimum Gasteiger partial charge on any atom is -0.409 e. The largest absolute Gasteiger partial charge is 0.409 e. The van der Waals surface area contributed by atoms with E-state index in [1.54, 1.807) is 13.8 Å². The smallest absolute Gasteiger partial charge is 0.235 e. The number of benzene rings is 1. The van der Waals surface area contributed by atoms with Crippen LogP contribution in [0.1, 0.15) is 13.8 Å². The van der Waals surface area contributed by atoms with Gasteiger partial charge in [-0.05, 0) is 18.1 Å². The molecule has 1 aromatic carbocycles. The Bertz CT molecular complexity index is 504. The quantitative estimate of drug-likeness (QED) is 0.338. The molecule has 1 rings (SSSR count). The Kier molecular flexibility index (Phi) is 4.80. The number of amidine groups is 1. The van der Waals surface area contributed by atoms with Crippen molar-refractivity contribution >= 4 is 17.4 Å². The molecule has 0 aliphatic rings. The molecule has 0 saturated heterocycles. The van der Waals surface area contributed by atoms with Gasteiger partial charge in [0.15, 0.2) is 17.5 Å². The van der Waals surface area contributed by atoms with Crippen LogP contribution in [0.15, 0.2) is 23.4 Å². The molecule has 0 spiro atoms. The molecule has 19 heavy (non-hydrogen) atoms. The van der Waals surface area contributed by atoms with Crippen LogP contribution in [0.4, 0.5) is 14.5 Å². The molecule has 0 heterocycles. The molecule has 0 aliphatic carbocycles. The fraction of sp³-hybridized carbons (Fsp3) is 0.333. The lowest BCUT2D eigenvalue weighted by Crippen LogP contribution is -2.38. The van der Waals surface area contributed by atoms with Gasteiger partial charge >= 0.3 is 0 Å². The standard InChI is InChI=1S/C12H15F2N3O2/c1-6(2)9(11(15)17-19)12(18)16-8-5-3-4-7(13)10(8)14/h3-6,9,19H,1-2H3,(H2,15,17)(H,16,18). The Balaban J connectivity index is 2.97. The van der Waals surface area contributed by atoms with E-state index in [0.717, 1.165) is 6.07 Å². The van der Waals surface area contributed by atoms with Crippen molar-refractivity contribution in [1.29, 1.82) is 0 Å². The van der Waals surface area contributed by atoms with E-state index in [1.807, 2.05) is 0 Å². The van der Waals surface area contributed by atoms with Gasteiger partial charge in [-0.1, -0.05) is 25.1 Å². The summed E-state index contributed by atoms with van der Waals surface area (Å²) in [6.45, 7) is 3.37. The van der Waals surface area contributed by atoms with Crippen LogP contribution in [0.2, 0.25) is 0 Å². The van der Waals surface area contributed by atoms with Crippen molar-refractivity contribution < 1.29 is 18.8 Å². The van der Waals surface area contributed by atoms with Gasteiger partial charge in [0.2, 0.25) is 5.91 Å². The third-order valence-corrected chi connectivity index (χ3v) is 2.59. The van der Waals surface area contributed by atoms with E-state index in [4.69, 9.17) is 10.9 Å². The maximum absolute atomic E-state index is 13.4. The van der Waals surface area contributed by atoms with E-state index in [9.17, 15) is 13.6 Å². The van der Waals surface area contributed by atoms with Gasteiger partial charge in [0.25, 0.3) is 0 Å². The number of rotatable bonds is 4. The highest BCUT2D eigenvalue weighted by Gasteiger charge is 2.27. The summed E-state index contributed by atoms with van der Waals surface area (Å²) in [6, 6.07) is 3.43. The molecule has 1 atom stereocenters. The van der Waals surface area contributed by atoms with Crippen LogP contribution in [-0.4, -0.2) is 17.0 Å². The van der Waals surface area contributed by atoms with Gasteiger partial charge in [0.05, 0.1) is 5.69 Å². The minimum atomic E-state index is -1.15. The SMILES string of the molecule is CC(C)C(C(=O)Nc1cccc(F)c1F)C(N)=NO. The van der Waals surface area contributed by atoms with Gasteiger partial charge in [0.1, 0.15) is 5.92 Å². The predicted octanol–water partition coefficient (Wildman–Crippen LogP) is 1.92. The lowest BCUT2D eigenvalue weighted by molar-refractivity contribution is -0.119. The van der Waals surface area contributed by atoms with Crippen molar-refractivity contribution in [3.05, 3.63) is 29.8 Å². The number of hydrogen-bond donors (Lipinski definition) is 3. The number of oxime groups is 1. The summed E-state index contributed by atoms with van der Waals surface area (Å²) >= 11 is 0. The first-order valence-corrected chi connectivity index (χ1v) is 5.60. The van der Waals surface area contributed by atoms with Crippen molar-refractivity contribution in [3.63, 3.8) is 0 Å².